The summed E-state index contributed by atoms with van der Waals surface area (Å²) in [4.78, 5) is 7.63. The molecule has 0 unspecified atom stereocenters. The van der Waals surface area contributed by atoms with E-state index in [1.807, 2.05) is 12.1 Å². The highest BCUT2D eigenvalue weighted by atomic mass is 15.3. The zero-order valence-electron chi connectivity index (χ0n) is 20.5. The second-order valence-electron chi connectivity index (χ2n) is 9.45. The van der Waals surface area contributed by atoms with Crippen LogP contribution in [-0.2, 0) is 0 Å². The van der Waals surface area contributed by atoms with Crippen molar-refractivity contribution in [3.05, 3.63) is 109 Å². The van der Waals surface area contributed by atoms with Gasteiger partial charge in [-0.2, -0.15) is 5.10 Å². The number of nitrogens with zero attached hydrogens (tertiary/aromatic N) is 4. The van der Waals surface area contributed by atoms with E-state index in [2.05, 4.69) is 112 Å². The Morgan fingerprint density at radius 2 is 1.24 bits per heavy atom. The van der Waals surface area contributed by atoms with Gasteiger partial charge >= 0.3 is 0 Å². The van der Waals surface area contributed by atoms with E-state index in [0.29, 0.717) is 0 Å². The highest BCUT2D eigenvalue weighted by Gasteiger charge is 2.22. The Morgan fingerprint density at radius 3 is 2.00 bits per heavy atom. The summed E-state index contributed by atoms with van der Waals surface area (Å²) in [6.07, 6.45) is 0. The van der Waals surface area contributed by atoms with Crippen LogP contribution in [-0.4, -0.2) is 40.9 Å². The molecule has 5 heteroatoms. The molecule has 0 aliphatic carbocycles. The van der Waals surface area contributed by atoms with E-state index in [0.717, 1.165) is 76.2 Å². The predicted octanol–water partition coefficient (Wildman–Crippen LogP) is 6.32. The van der Waals surface area contributed by atoms with Gasteiger partial charge in [-0.1, -0.05) is 78.9 Å². The molecular formula is C32H27N5. The van der Waals surface area contributed by atoms with Gasteiger partial charge in [0.1, 0.15) is 5.69 Å². The molecule has 1 fully saturated rings. The topological polar surface area (TPSA) is 46.0 Å². The standard InChI is InChI=1S/C32H27N5/c1-3-9-23(10-4-1)30-29-31(24-15-17-25(18-16-24)36-21-19-33-20-22-36)35-37(26-11-5-2-6-12-26)32(29)27-13-7-8-14-28(27)34-30/h1-18,33H,19-22H2. The van der Waals surface area contributed by atoms with Crippen molar-refractivity contribution >= 4 is 27.5 Å². The maximum absolute atomic E-state index is 5.26. The first kappa shape index (κ1) is 21.8. The Balaban J connectivity index is 1.52. The lowest BCUT2D eigenvalue weighted by Crippen LogP contribution is -2.43. The molecule has 7 rings (SSSR count). The molecule has 0 atom stereocenters. The lowest BCUT2D eigenvalue weighted by Gasteiger charge is -2.29. The van der Waals surface area contributed by atoms with E-state index >= 15 is 0 Å². The summed E-state index contributed by atoms with van der Waals surface area (Å²) >= 11 is 0. The minimum absolute atomic E-state index is 0.947. The van der Waals surface area contributed by atoms with Gasteiger partial charge in [0.2, 0.25) is 0 Å². The van der Waals surface area contributed by atoms with Gasteiger partial charge in [-0.3, -0.25) is 0 Å². The lowest BCUT2D eigenvalue weighted by molar-refractivity contribution is 0.589. The molecule has 0 amide bonds. The van der Waals surface area contributed by atoms with Crippen molar-refractivity contribution in [3.8, 4) is 28.2 Å². The first-order valence-corrected chi connectivity index (χ1v) is 12.9. The van der Waals surface area contributed by atoms with E-state index in [9.17, 15) is 0 Å². The largest absolute Gasteiger partial charge is 0.369 e. The molecule has 4 aromatic carbocycles. The Morgan fingerprint density at radius 1 is 0.595 bits per heavy atom. The zero-order chi connectivity index (χ0) is 24.6. The van der Waals surface area contributed by atoms with Gasteiger partial charge in [0.15, 0.2) is 0 Å². The predicted molar refractivity (Wildman–Crippen MR) is 152 cm³/mol. The highest BCUT2D eigenvalue weighted by molar-refractivity contribution is 6.14. The number of piperazine rings is 1. The van der Waals surface area contributed by atoms with Crippen LogP contribution in [0.3, 0.4) is 0 Å². The molecular weight excluding hydrogens is 454 g/mol. The number of rotatable bonds is 4. The minimum Gasteiger partial charge on any atom is -0.369 e. The number of nitrogens with one attached hydrogen (secondary N) is 1. The van der Waals surface area contributed by atoms with Crippen molar-refractivity contribution in [1.29, 1.82) is 0 Å². The SMILES string of the molecule is c1ccc(-c2nc3ccccc3c3c2c(-c2ccc(N4CCNCC4)cc2)nn3-c2ccccc2)cc1. The number of benzene rings is 4. The molecule has 2 aromatic heterocycles. The summed E-state index contributed by atoms with van der Waals surface area (Å²) in [6, 6.07) is 38.1. The summed E-state index contributed by atoms with van der Waals surface area (Å²) in [5.41, 5.74) is 8.41. The van der Waals surface area contributed by atoms with Gasteiger partial charge in [-0.15, -0.1) is 0 Å². The number of anilines is 1. The van der Waals surface area contributed by atoms with E-state index in [1.165, 1.54) is 5.69 Å². The summed E-state index contributed by atoms with van der Waals surface area (Å²) < 4.78 is 2.09. The number of fused-ring (bicyclic) bond motifs is 3. The van der Waals surface area contributed by atoms with E-state index in [-0.39, 0.29) is 0 Å². The fraction of sp³-hybridized carbons (Fsp3) is 0.125. The van der Waals surface area contributed by atoms with Crippen LogP contribution in [0.5, 0.6) is 0 Å². The normalized spacial score (nSPS) is 13.9. The second-order valence-corrected chi connectivity index (χ2v) is 9.45. The van der Waals surface area contributed by atoms with Crippen molar-refractivity contribution in [2.24, 2.45) is 0 Å². The molecule has 3 heterocycles. The van der Waals surface area contributed by atoms with Crippen LogP contribution in [0.2, 0.25) is 0 Å². The Hall–Kier alpha value is -4.48. The molecule has 37 heavy (non-hydrogen) atoms. The van der Waals surface area contributed by atoms with Gasteiger partial charge in [-0.25, -0.2) is 9.67 Å². The van der Waals surface area contributed by atoms with Crippen molar-refractivity contribution in [2.75, 3.05) is 31.1 Å². The van der Waals surface area contributed by atoms with Crippen molar-refractivity contribution in [3.63, 3.8) is 0 Å². The van der Waals surface area contributed by atoms with E-state index < -0.39 is 0 Å². The third kappa shape index (κ3) is 3.85. The molecule has 1 aliphatic heterocycles. The van der Waals surface area contributed by atoms with Gasteiger partial charge < -0.3 is 10.2 Å². The molecule has 6 aromatic rings. The molecule has 1 aliphatic rings. The molecule has 0 bridgehead atoms. The summed E-state index contributed by atoms with van der Waals surface area (Å²) in [7, 11) is 0. The lowest BCUT2D eigenvalue weighted by atomic mass is 10.00. The smallest absolute Gasteiger partial charge is 0.103 e. The van der Waals surface area contributed by atoms with Crippen LogP contribution in [0.1, 0.15) is 0 Å². The Kier molecular flexibility index (Phi) is 5.41. The number of hydrogen-bond acceptors (Lipinski definition) is 4. The molecule has 5 nitrogen and oxygen atoms in total. The van der Waals surface area contributed by atoms with Gasteiger partial charge in [0.05, 0.1) is 27.8 Å². The molecule has 0 saturated carbocycles. The minimum atomic E-state index is 0.947. The first-order chi connectivity index (χ1) is 18.4. The van der Waals surface area contributed by atoms with Crippen LogP contribution >= 0.6 is 0 Å². The number of aromatic nitrogens is 3. The fourth-order valence-electron chi connectivity index (χ4n) is 5.36. The Labute approximate surface area is 216 Å². The maximum atomic E-state index is 5.26. The van der Waals surface area contributed by atoms with Crippen LogP contribution in [0, 0.1) is 0 Å². The average molecular weight is 482 g/mol. The zero-order valence-corrected chi connectivity index (χ0v) is 20.5. The van der Waals surface area contributed by atoms with Crippen LogP contribution in [0.15, 0.2) is 109 Å². The number of para-hydroxylation sites is 2. The number of hydrogen-bond donors (Lipinski definition) is 1. The average Bonchev–Trinajstić information content (AvgIpc) is 3.39. The fourth-order valence-corrected chi connectivity index (χ4v) is 5.36. The van der Waals surface area contributed by atoms with Crippen LogP contribution in [0.25, 0.3) is 50.0 Å². The van der Waals surface area contributed by atoms with Crippen molar-refractivity contribution in [1.82, 2.24) is 20.1 Å². The summed E-state index contributed by atoms with van der Waals surface area (Å²) in [5.74, 6) is 0. The van der Waals surface area contributed by atoms with Crippen LogP contribution < -0.4 is 10.2 Å². The molecule has 1 saturated heterocycles. The van der Waals surface area contributed by atoms with E-state index in [4.69, 9.17) is 10.1 Å². The quantitative estimate of drug-likeness (QED) is 0.320. The summed E-state index contributed by atoms with van der Waals surface area (Å²) in [6.45, 7) is 4.10. The van der Waals surface area contributed by atoms with E-state index in [1.54, 1.807) is 0 Å². The molecule has 180 valence electrons. The molecule has 1 N–H and O–H groups in total. The number of pyridine rings is 1. The van der Waals surface area contributed by atoms with Crippen LogP contribution in [0.4, 0.5) is 5.69 Å². The van der Waals surface area contributed by atoms with Crippen molar-refractivity contribution in [2.45, 2.75) is 0 Å². The maximum Gasteiger partial charge on any atom is 0.103 e. The van der Waals surface area contributed by atoms with Gasteiger partial charge in [0.25, 0.3) is 0 Å². The third-order valence-electron chi connectivity index (χ3n) is 7.18. The Bertz CT molecular complexity index is 1680. The molecule has 0 radical (unpaired) electrons. The summed E-state index contributed by atoms with van der Waals surface area (Å²) in [5, 5.41) is 10.9. The van der Waals surface area contributed by atoms with Gasteiger partial charge in [-0.05, 0) is 30.3 Å². The third-order valence-corrected chi connectivity index (χ3v) is 7.18. The first-order valence-electron chi connectivity index (χ1n) is 12.9. The van der Waals surface area contributed by atoms with Crippen molar-refractivity contribution < 1.29 is 0 Å². The molecule has 0 spiro atoms. The second kappa shape index (κ2) is 9.19. The highest BCUT2D eigenvalue weighted by Crippen LogP contribution is 2.40. The monoisotopic (exact) mass is 481 g/mol. The van der Waals surface area contributed by atoms with Gasteiger partial charge in [0, 0.05) is 48.4 Å².